The SMILES string of the molecule is c1ccc(-c2nc(-c3ccc(-c4ccc5ccccc5c4)cc3)nc(-c3ccccc3-c3ccc4c(c3)oc3ccccc34)n2)cc1. The Morgan fingerprint density at radius 1 is 0.319 bits per heavy atom. The Kier molecular flexibility index (Phi) is 6.43. The Balaban J connectivity index is 1.16. The van der Waals surface area contributed by atoms with Crippen molar-refractivity contribution in [1.82, 2.24) is 15.0 Å². The summed E-state index contributed by atoms with van der Waals surface area (Å²) in [5.74, 6) is 1.88. The first kappa shape index (κ1) is 27.0. The van der Waals surface area contributed by atoms with E-state index in [0.717, 1.165) is 55.3 Å². The minimum absolute atomic E-state index is 0.618. The zero-order valence-corrected chi connectivity index (χ0v) is 25.3. The maximum Gasteiger partial charge on any atom is 0.164 e. The second-order valence-electron chi connectivity index (χ2n) is 11.7. The van der Waals surface area contributed by atoms with Crippen molar-refractivity contribution in [3.8, 4) is 56.4 Å². The van der Waals surface area contributed by atoms with Gasteiger partial charge in [0.25, 0.3) is 0 Å². The second-order valence-corrected chi connectivity index (χ2v) is 11.7. The van der Waals surface area contributed by atoms with Crippen molar-refractivity contribution in [2.45, 2.75) is 0 Å². The van der Waals surface area contributed by atoms with Gasteiger partial charge in [0.15, 0.2) is 17.5 Å². The molecular formula is C43H27N3O. The average molecular weight is 602 g/mol. The van der Waals surface area contributed by atoms with E-state index in [9.17, 15) is 0 Å². The van der Waals surface area contributed by atoms with Crippen LogP contribution in [-0.2, 0) is 0 Å². The van der Waals surface area contributed by atoms with Crippen LogP contribution in [0.1, 0.15) is 0 Å². The van der Waals surface area contributed by atoms with Crippen LogP contribution in [0, 0.1) is 0 Å². The third-order valence-corrected chi connectivity index (χ3v) is 8.75. The first-order valence-corrected chi connectivity index (χ1v) is 15.7. The van der Waals surface area contributed by atoms with Gasteiger partial charge in [-0.05, 0) is 57.3 Å². The molecule has 9 rings (SSSR count). The molecule has 0 radical (unpaired) electrons. The molecule has 2 heterocycles. The summed E-state index contributed by atoms with van der Waals surface area (Å²) in [7, 11) is 0. The monoisotopic (exact) mass is 601 g/mol. The van der Waals surface area contributed by atoms with Crippen LogP contribution in [0.2, 0.25) is 0 Å². The molecule has 0 atom stereocenters. The summed E-state index contributed by atoms with van der Waals surface area (Å²) in [6, 6.07) is 56.4. The summed E-state index contributed by atoms with van der Waals surface area (Å²) in [6.45, 7) is 0. The molecule has 0 saturated heterocycles. The lowest BCUT2D eigenvalue weighted by atomic mass is 9.98. The summed E-state index contributed by atoms with van der Waals surface area (Å²) in [4.78, 5) is 15.1. The molecule has 47 heavy (non-hydrogen) atoms. The van der Waals surface area contributed by atoms with Gasteiger partial charge >= 0.3 is 0 Å². The smallest absolute Gasteiger partial charge is 0.164 e. The van der Waals surface area contributed by atoms with Crippen molar-refractivity contribution in [3.63, 3.8) is 0 Å². The molecule has 0 bridgehead atoms. The number of benzene rings is 7. The van der Waals surface area contributed by atoms with Gasteiger partial charge in [0.2, 0.25) is 0 Å². The maximum atomic E-state index is 6.24. The number of para-hydroxylation sites is 1. The van der Waals surface area contributed by atoms with Gasteiger partial charge in [-0.2, -0.15) is 0 Å². The van der Waals surface area contributed by atoms with Crippen molar-refractivity contribution < 1.29 is 4.42 Å². The summed E-state index contributed by atoms with van der Waals surface area (Å²) in [6.07, 6.45) is 0. The van der Waals surface area contributed by atoms with E-state index in [1.807, 2.05) is 60.7 Å². The van der Waals surface area contributed by atoms with Crippen LogP contribution in [0.15, 0.2) is 168 Å². The summed E-state index contributed by atoms with van der Waals surface area (Å²) < 4.78 is 6.24. The van der Waals surface area contributed by atoms with Crippen molar-refractivity contribution in [2.75, 3.05) is 0 Å². The third kappa shape index (κ3) is 4.93. The highest BCUT2D eigenvalue weighted by Gasteiger charge is 2.17. The predicted octanol–water partition coefficient (Wildman–Crippen LogP) is 11.3. The fraction of sp³-hybridized carbons (Fsp3) is 0. The van der Waals surface area contributed by atoms with Gasteiger partial charge < -0.3 is 4.42 Å². The van der Waals surface area contributed by atoms with E-state index >= 15 is 0 Å². The fourth-order valence-electron chi connectivity index (χ4n) is 6.35. The molecule has 2 aromatic heterocycles. The molecule has 220 valence electrons. The minimum Gasteiger partial charge on any atom is -0.456 e. The number of fused-ring (bicyclic) bond motifs is 4. The van der Waals surface area contributed by atoms with Crippen LogP contribution in [0.3, 0.4) is 0 Å². The number of hydrogen-bond donors (Lipinski definition) is 0. The van der Waals surface area contributed by atoms with Crippen LogP contribution in [0.25, 0.3) is 89.1 Å². The Hall–Kier alpha value is -6.39. The molecule has 4 heteroatoms. The molecule has 0 unspecified atom stereocenters. The molecule has 9 aromatic rings. The number of aromatic nitrogens is 3. The molecule has 7 aromatic carbocycles. The van der Waals surface area contributed by atoms with Crippen molar-refractivity contribution in [1.29, 1.82) is 0 Å². The van der Waals surface area contributed by atoms with Crippen molar-refractivity contribution >= 4 is 32.7 Å². The number of hydrogen-bond acceptors (Lipinski definition) is 4. The van der Waals surface area contributed by atoms with Gasteiger partial charge in [0.1, 0.15) is 11.2 Å². The van der Waals surface area contributed by atoms with Gasteiger partial charge in [-0.3, -0.25) is 0 Å². The predicted molar refractivity (Wildman–Crippen MR) is 192 cm³/mol. The van der Waals surface area contributed by atoms with Crippen LogP contribution >= 0.6 is 0 Å². The minimum atomic E-state index is 0.618. The molecule has 0 amide bonds. The quantitative estimate of drug-likeness (QED) is 0.197. The van der Waals surface area contributed by atoms with Crippen LogP contribution in [0.5, 0.6) is 0 Å². The molecule has 0 aliphatic heterocycles. The molecule has 0 aliphatic rings. The number of nitrogens with zero attached hydrogens (tertiary/aromatic N) is 3. The number of furan rings is 1. The van der Waals surface area contributed by atoms with Gasteiger partial charge in [0.05, 0.1) is 0 Å². The van der Waals surface area contributed by atoms with Crippen LogP contribution < -0.4 is 0 Å². The molecule has 0 N–H and O–H groups in total. The third-order valence-electron chi connectivity index (χ3n) is 8.75. The largest absolute Gasteiger partial charge is 0.456 e. The highest BCUT2D eigenvalue weighted by atomic mass is 16.3. The van der Waals surface area contributed by atoms with E-state index < -0.39 is 0 Å². The molecule has 4 nitrogen and oxygen atoms in total. The standard InChI is InChI=1S/C43H27N3O/c1-2-11-30(12-3-1)41-44-42(31-21-18-29(19-22-31)33-23-20-28-10-4-5-13-32(28)26-33)46-43(45-41)38-16-7-6-14-35(38)34-24-25-37-36-15-8-9-17-39(36)47-40(37)27-34/h1-27H. The van der Waals surface area contributed by atoms with Gasteiger partial charge in [-0.25, -0.2) is 15.0 Å². The topological polar surface area (TPSA) is 51.8 Å². The van der Waals surface area contributed by atoms with E-state index in [-0.39, 0.29) is 0 Å². The Morgan fingerprint density at radius 2 is 0.894 bits per heavy atom. The maximum absolute atomic E-state index is 6.24. The molecule has 0 aliphatic carbocycles. The van der Waals surface area contributed by atoms with E-state index in [4.69, 9.17) is 19.4 Å². The summed E-state index contributed by atoms with van der Waals surface area (Å²) in [5.41, 5.74) is 8.91. The van der Waals surface area contributed by atoms with Crippen LogP contribution in [-0.4, -0.2) is 15.0 Å². The van der Waals surface area contributed by atoms with E-state index in [1.165, 1.54) is 16.3 Å². The van der Waals surface area contributed by atoms with Crippen molar-refractivity contribution in [2.24, 2.45) is 0 Å². The lowest BCUT2D eigenvalue weighted by Crippen LogP contribution is -2.01. The average Bonchev–Trinajstić information content (AvgIpc) is 3.53. The normalized spacial score (nSPS) is 11.4. The fourth-order valence-corrected chi connectivity index (χ4v) is 6.35. The molecule has 0 fully saturated rings. The number of rotatable bonds is 5. The first-order chi connectivity index (χ1) is 23.3. The molecular weight excluding hydrogens is 574 g/mol. The Morgan fingerprint density at radius 3 is 1.72 bits per heavy atom. The van der Waals surface area contributed by atoms with E-state index in [0.29, 0.717) is 17.5 Å². The summed E-state index contributed by atoms with van der Waals surface area (Å²) in [5, 5.41) is 4.67. The highest BCUT2D eigenvalue weighted by Crippen LogP contribution is 2.36. The van der Waals surface area contributed by atoms with Crippen LogP contribution in [0.4, 0.5) is 0 Å². The zero-order chi connectivity index (χ0) is 31.2. The molecule has 0 saturated carbocycles. The Labute approximate surface area is 271 Å². The first-order valence-electron chi connectivity index (χ1n) is 15.7. The second kappa shape index (κ2) is 11.2. The molecule has 0 spiro atoms. The van der Waals surface area contributed by atoms with E-state index in [1.54, 1.807) is 0 Å². The zero-order valence-electron chi connectivity index (χ0n) is 25.3. The van der Waals surface area contributed by atoms with E-state index in [2.05, 4.69) is 103 Å². The highest BCUT2D eigenvalue weighted by molar-refractivity contribution is 6.06. The summed E-state index contributed by atoms with van der Waals surface area (Å²) >= 11 is 0. The van der Waals surface area contributed by atoms with Crippen molar-refractivity contribution in [3.05, 3.63) is 164 Å². The van der Waals surface area contributed by atoms with Gasteiger partial charge in [-0.15, -0.1) is 0 Å². The lowest BCUT2D eigenvalue weighted by molar-refractivity contribution is 0.669. The Bertz CT molecular complexity index is 2570. The van der Waals surface area contributed by atoms with Gasteiger partial charge in [-0.1, -0.05) is 140 Å². The van der Waals surface area contributed by atoms with Gasteiger partial charge in [0, 0.05) is 27.5 Å². The lowest BCUT2D eigenvalue weighted by Gasteiger charge is -2.12.